The van der Waals surface area contributed by atoms with Gasteiger partial charge in [-0.05, 0) is 32.6 Å². The zero-order valence-electron chi connectivity index (χ0n) is 11.7. The molecule has 0 atom stereocenters. The molecule has 0 aromatic heterocycles. The van der Waals surface area contributed by atoms with Gasteiger partial charge in [0, 0.05) is 26.2 Å². The van der Waals surface area contributed by atoms with E-state index in [0.717, 1.165) is 25.6 Å². The molecule has 4 nitrogen and oxygen atoms in total. The maximum atomic E-state index is 12.1. The van der Waals surface area contributed by atoms with Crippen LogP contribution in [0.25, 0.3) is 0 Å². The van der Waals surface area contributed by atoms with Crippen LogP contribution < -0.4 is 0 Å². The molecule has 0 spiro atoms. The van der Waals surface area contributed by atoms with E-state index < -0.39 is 5.60 Å². The SMILES string of the molecule is CC(C)(O)CN1CCN(CC2CCCC2)C(=O)C1. The zero-order chi connectivity index (χ0) is 13.2. The summed E-state index contributed by atoms with van der Waals surface area (Å²) in [6.45, 7) is 7.31. The number of rotatable bonds is 4. The summed E-state index contributed by atoms with van der Waals surface area (Å²) >= 11 is 0. The first kappa shape index (κ1) is 13.8. The Morgan fingerprint density at radius 3 is 2.50 bits per heavy atom. The van der Waals surface area contributed by atoms with Crippen molar-refractivity contribution in [2.75, 3.05) is 32.7 Å². The lowest BCUT2D eigenvalue weighted by molar-refractivity contribution is -0.137. The fourth-order valence-corrected chi connectivity index (χ4v) is 3.14. The molecule has 0 radical (unpaired) electrons. The lowest BCUT2D eigenvalue weighted by Crippen LogP contribution is -2.54. The van der Waals surface area contributed by atoms with Crippen molar-refractivity contribution >= 4 is 5.91 Å². The van der Waals surface area contributed by atoms with Crippen LogP contribution in [0.3, 0.4) is 0 Å². The molecule has 1 saturated heterocycles. The predicted octanol–water partition coefficient (Wildman–Crippen LogP) is 1.09. The van der Waals surface area contributed by atoms with Gasteiger partial charge < -0.3 is 10.0 Å². The second-order valence-electron chi connectivity index (χ2n) is 6.51. The molecule has 1 amide bonds. The van der Waals surface area contributed by atoms with Gasteiger partial charge in [0.15, 0.2) is 0 Å². The minimum absolute atomic E-state index is 0.234. The fraction of sp³-hybridized carbons (Fsp3) is 0.929. The number of piperazine rings is 1. The Balaban J connectivity index is 1.79. The molecule has 0 aromatic carbocycles. The van der Waals surface area contributed by atoms with Gasteiger partial charge in [-0.1, -0.05) is 12.8 Å². The van der Waals surface area contributed by atoms with Crippen LogP contribution in [-0.2, 0) is 4.79 Å². The molecule has 0 aromatic rings. The Hall–Kier alpha value is -0.610. The molecule has 2 rings (SSSR count). The van der Waals surface area contributed by atoms with E-state index in [-0.39, 0.29) is 5.91 Å². The summed E-state index contributed by atoms with van der Waals surface area (Å²) in [6.07, 6.45) is 5.24. The minimum atomic E-state index is -0.714. The Morgan fingerprint density at radius 1 is 1.28 bits per heavy atom. The van der Waals surface area contributed by atoms with E-state index in [9.17, 15) is 9.90 Å². The van der Waals surface area contributed by atoms with Crippen LogP contribution in [0.4, 0.5) is 0 Å². The summed E-state index contributed by atoms with van der Waals surface area (Å²) in [4.78, 5) is 16.2. The number of carbonyl (C=O) groups is 1. The summed E-state index contributed by atoms with van der Waals surface area (Å²) in [6, 6.07) is 0. The van der Waals surface area contributed by atoms with E-state index in [0.29, 0.717) is 13.1 Å². The molecule has 1 N–H and O–H groups in total. The molecule has 104 valence electrons. The van der Waals surface area contributed by atoms with Gasteiger partial charge in [-0.3, -0.25) is 9.69 Å². The van der Waals surface area contributed by atoms with E-state index in [1.807, 2.05) is 4.90 Å². The molecule has 1 saturated carbocycles. The van der Waals surface area contributed by atoms with Crippen molar-refractivity contribution < 1.29 is 9.90 Å². The van der Waals surface area contributed by atoms with Crippen molar-refractivity contribution in [3.63, 3.8) is 0 Å². The average molecular weight is 254 g/mol. The highest BCUT2D eigenvalue weighted by Crippen LogP contribution is 2.26. The smallest absolute Gasteiger partial charge is 0.236 e. The van der Waals surface area contributed by atoms with Crippen molar-refractivity contribution in [1.82, 2.24) is 9.80 Å². The fourth-order valence-electron chi connectivity index (χ4n) is 3.14. The van der Waals surface area contributed by atoms with Crippen LogP contribution in [-0.4, -0.2) is 59.1 Å². The lowest BCUT2D eigenvalue weighted by Gasteiger charge is -2.37. The maximum Gasteiger partial charge on any atom is 0.236 e. The summed E-state index contributed by atoms with van der Waals surface area (Å²) in [7, 11) is 0. The third-order valence-electron chi connectivity index (χ3n) is 3.96. The van der Waals surface area contributed by atoms with Crippen molar-refractivity contribution in [1.29, 1.82) is 0 Å². The van der Waals surface area contributed by atoms with Crippen molar-refractivity contribution in [2.45, 2.75) is 45.1 Å². The van der Waals surface area contributed by atoms with Gasteiger partial charge in [0.05, 0.1) is 12.1 Å². The minimum Gasteiger partial charge on any atom is -0.389 e. The quantitative estimate of drug-likeness (QED) is 0.817. The van der Waals surface area contributed by atoms with Gasteiger partial charge in [0.2, 0.25) is 5.91 Å². The number of amides is 1. The molecular weight excluding hydrogens is 228 g/mol. The standard InChI is InChI=1S/C14H26N2O2/c1-14(2,18)11-15-7-8-16(13(17)10-15)9-12-5-3-4-6-12/h12,18H,3-11H2,1-2H3. The van der Waals surface area contributed by atoms with Gasteiger partial charge in [0.25, 0.3) is 0 Å². The molecule has 0 unspecified atom stereocenters. The molecule has 1 heterocycles. The summed E-state index contributed by atoms with van der Waals surface area (Å²) in [5, 5.41) is 9.79. The Labute approximate surface area is 110 Å². The van der Waals surface area contributed by atoms with Crippen LogP contribution >= 0.6 is 0 Å². The summed E-state index contributed by atoms with van der Waals surface area (Å²) in [5.41, 5.74) is -0.714. The Bertz CT molecular complexity index is 293. The number of aliphatic hydroxyl groups is 1. The number of carbonyl (C=O) groups excluding carboxylic acids is 1. The molecular formula is C14H26N2O2. The van der Waals surface area contributed by atoms with Crippen LogP contribution in [0.5, 0.6) is 0 Å². The number of β-amino-alcohol motifs (C(OH)–C–C–N with tert-alkyl or cyclic N) is 1. The van der Waals surface area contributed by atoms with Crippen molar-refractivity contribution in [2.24, 2.45) is 5.92 Å². The van der Waals surface area contributed by atoms with E-state index in [2.05, 4.69) is 4.90 Å². The van der Waals surface area contributed by atoms with E-state index in [1.54, 1.807) is 13.8 Å². The molecule has 1 aliphatic heterocycles. The molecule has 4 heteroatoms. The molecule has 2 fully saturated rings. The molecule has 18 heavy (non-hydrogen) atoms. The summed E-state index contributed by atoms with van der Waals surface area (Å²) in [5.74, 6) is 0.965. The first-order valence-corrected chi connectivity index (χ1v) is 7.16. The number of hydrogen-bond acceptors (Lipinski definition) is 3. The van der Waals surface area contributed by atoms with Crippen LogP contribution in [0.2, 0.25) is 0 Å². The van der Waals surface area contributed by atoms with Gasteiger partial charge >= 0.3 is 0 Å². The third-order valence-corrected chi connectivity index (χ3v) is 3.96. The highest BCUT2D eigenvalue weighted by Gasteiger charge is 2.29. The molecule has 0 bridgehead atoms. The molecule has 1 aliphatic carbocycles. The second-order valence-corrected chi connectivity index (χ2v) is 6.51. The van der Waals surface area contributed by atoms with Crippen LogP contribution in [0.1, 0.15) is 39.5 Å². The van der Waals surface area contributed by atoms with E-state index in [4.69, 9.17) is 0 Å². The third kappa shape index (κ3) is 3.95. The Morgan fingerprint density at radius 2 is 1.94 bits per heavy atom. The first-order valence-electron chi connectivity index (χ1n) is 7.16. The monoisotopic (exact) mass is 254 g/mol. The van der Waals surface area contributed by atoms with Crippen molar-refractivity contribution in [3.8, 4) is 0 Å². The van der Waals surface area contributed by atoms with Gasteiger partial charge in [-0.25, -0.2) is 0 Å². The highest BCUT2D eigenvalue weighted by molar-refractivity contribution is 5.79. The molecule has 2 aliphatic rings. The normalized spacial score (nSPS) is 23.9. The summed E-state index contributed by atoms with van der Waals surface area (Å²) < 4.78 is 0. The number of nitrogens with zero attached hydrogens (tertiary/aromatic N) is 2. The Kier molecular flexibility index (Phi) is 4.28. The number of hydrogen-bond donors (Lipinski definition) is 1. The van der Waals surface area contributed by atoms with Gasteiger partial charge in [0.1, 0.15) is 0 Å². The van der Waals surface area contributed by atoms with Crippen LogP contribution in [0, 0.1) is 5.92 Å². The second kappa shape index (κ2) is 5.57. The highest BCUT2D eigenvalue weighted by atomic mass is 16.3. The van der Waals surface area contributed by atoms with E-state index in [1.165, 1.54) is 25.7 Å². The lowest BCUT2D eigenvalue weighted by atomic mass is 10.1. The first-order chi connectivity index (χ1) is 8.44. The zero-order valence-corrected chi connectivity index (χ0v) is 11.7. The predicted molar refractivity (Wildman–Crippen MR) is 71.3 cm³/mol. The van der Waals surface area contributed by atoms with Gasteiger partial charge in [-0.2, -0.15) is 0 Å². The topological polar surface area (TPSA) is 43.8 Å². The van der Waals surface area contributed by atoms with Gasteiger partial charge in [-0.15, -0.1) is 0 Å². The van der Waals surface area contributed by atoms with Crippen molar-refractivity contribution in [3.05, 3.63) is 0 Å². The maximum absolute atomic E-state index is 12.1. The average Bonchev–Trinajstić information content (AvgIpc) is 2.72. The van der Waals surface area contributed by atoms with E-state index >= 15 is 0 Å². The van der Waals surface area contributed by atoms with Crippen LogP contribution in [0.15, 0.2) is 0 Å². The largest absolute Gasteiger partial charge is 0.389 e.